The highest BCUT2D eigenvalue weighted by atomic mass is 32.2. The van der Waals surface area contributed by atoms with Crippen LogP contribution in [0.4, 0.5) is 5.69 Å². The van der Waals surface area contributed by atoms with Gasteiger partial charge in [0.1, 0.15) is 5.75 Å². The first-order chi connectivity index (χ1) is 12.5. The van der Waals surface area contributed by atoms with Crippen molar-refractivity contribution in [2.75, 3.05) is 19.0 Å². The normalized spacial score (nSPS) is 11.5. The second-order valence-corrected chi connectivity index (χ2v) is 7.04. The Labute approximate surface area is 158 Å². The van der Waals surface area contributed by atoms with E-state index in [0.29, 0.717) is 23.4 Å². The van der Waals surface area contributed by atoms with Crippen LogP contribution in [0.3, 0.4) is 0 Å². The van der Waals surface area contributed by atoms with Gasteiger partial charge in [-0.3, -0.25) is 4.79 Å². The Hall–Kier alpha value is -2.47. The minimum absolute atomic E-state index is 0.130. The summed E-state index contributed by atoms with van der Waals surface area (Å²) in [6, 6.07) is 12.8. The average molecular weight is 373 g/mol. The van der Waals surface area contributed by atoms with Gasteiger partial charge in [0, 0.05) is 10.6 Å². The fraction of sp³-hybridized carbons (Fsp3) is 0.300. The molecule has 0 aliphatic heterocycles. The number of carbonyl (C=O) groups is 2. The molecule has 0 aliphatic carbocycles. The van der Waals surface area contributed by atoms with Gasteiger partial charge in [-0.25, -0.2) is 4.79 Å². The van der Waals surface area contributed by atoms with Gasteiger partial charge in [0.25, 0.3) is 0 Å². The molecule has 138 valence electrons. The van der Waals surface area contributed by atoms with E-state index in [0.717, 1.165) is 10.6 Å². The van der Waals surface area contributed by atoms with E-state index in [1.165, 1.54) is 11.8 Å². The van der Waals surface area contributed by atoms with Crippen molar-refractivity contribution in [2.45, 2.75) is 30.9 Å². The van der Waals surface area contributed by atoms with E-state index in [2.05, 4.69) is 5.32 Å². The number of thioether (sulfide) groups is 1. The number of carbonyl (C=O) groups excluding carboxylic acids is 2. The summed E-state index contributed by atoms with van der Waals surface area (Å²) in [5.74, 6) is 0.259. The maximum Gasteiger partial charge on any atom is 0.338 e. The predicted molar refractivity (Wildman–Crippen MR) is 104 cm³/mol. The Morgan fingerprint density at radius 1 is 1.15 bits per heavy atom. The van der Waals surface area contributed by atoms with Gasteiger partial charge < -0.3 is 14.8 Å². The lowest BCUT2D eigenvalue weighted by Crippen LogP contribution is -2.23. The highest BCUT2D eigenvalue weighted by molar-refractivity contribution is 8.00. The van der Waals surface area contributed by atoms with Gasteiger partial charge in [-0.15, -0.1) is 11.8 Å². The van der Waals surface area contributed by atoms with E-state index >= 15 is 0 Å². The molecule has 6 heteroatoms. The van der Waals surface area contributed by atoms with Crippen LogP contribution in [0, 0.1) is 6.92 Å². The molecule has 1 amide bonds. The van der Waals surface area contributed by atoms with E-state index in [1.54, 1.807) is 39.2 Å². The van der Waals surface area contributed by atoms with Crippen LogP contribution in [0.15, 0.2) is 47.4 Å². The minimum atomic E-state index is -0.387. The SMILES string of the molecule is CCOC(=O)c1cccc(NC(=O)[C@H](C)Sc2ccc(OC)cc2)c1C. The largest absolute Gasteiger partial charge is 0.497 e. The van der Waals surface area contributed by atoms with Crippen molar-refractivity contribution < 1.29 is 19.1 Å². The van der Waals surface area contributed by atoms with Crippen molar-refractivity contribution in [3.63, 3.8) is 0 Å². The Kier molecular flexibility index (Phi) is 7.09. The summed E-state index contributed by atoms with van der Waals surface area (Å²) in [6.07, 6.45) is 0. The van der Waals surface area contributed by atoms with Crippen molar-refractivity contribution in [1.82, 2.24) is 0 Å². The highest BCUT2D eigenvalue weighted by Crippen LogP contribution is 2.27. The summed E-state index contributed by atoms with van der Waals surface area (Å²) in [6.45, 7) is 5.71. The number of hydrogen-bond donors (Lipinski definition) is 1. The molecular formula is C20H23NO4S. The number of anilines is 1. The molecule has 0 unspecified atom stereocenters. The molecule has 2 rings (SSSR count). The Morgan fingerprint density at radius 3 is 2.46 bits per heavy atom. The molecular weight excluding hydrogens is 350 g/mol. The topological polar surface area (TPSA) is 64.6 Å². The second kappa shape index (κ2) is 9.29. The zero-order valence-corrected chi connectivity index (χ0v) is 16.2. The highest BCUT2D eigenvalue weighted by Gasteiger charge is 2.18. The molecule has 0 heterocycles. The number of nitrogens with one attached hydrogen (secondary N) is 1. The molecule has 1 atom stereocenters. The van der Waals surface area contributed by atoms with E-state index < -0.39 is 0 Å². The smallest absolute Gasteiger partial charge is 0.338 e. The van der Waals surface area contributed by atoms with Crippen LogP contribution in [0.2, 0.25) is 0 Å². The number of ether oxygens (including phenoxy) is 2. The molecule has 0 spiro atoms. The van der Waals surface area contributed by atoms with Gasteiger partial charge in [-0.1, -0.05) is 6.07 Å². The summed E-state index contributed by atoms with van der Waals surface area (Å²) in [4.78, 5) is 25.5. The van der Waals surface area contributed by atoms with E-state index in [4.69, 9.17) is 9.47 Å². The summed E-state index contributed by atoms with van der Waals surface area (Å²) in [5, 5.41) is 2.60. The van der Waals surface area contributed by atoms with Gasteiger partial charge in [0.15, 0.2) is 0 Å². The van der Waals surface area contributed by atoms with E-state index in [-0.39, 0.29) is 17.1 Å². The maximum atomic E-state index is 12.5. The fourth-order valence-corrected chi connectivity index (χ4v) is 3.21. The zero-order valence-electron chi connectivity index (χ0n) is 15.4. The standard InChI is InChI=1S/C20H23NO4S/c1-5-25-20(23)17-7-6-8-18(13(17)2)21-19(22)14(3)26-16-11-9-15(24-4)10-12-16/h6-12,14H,5H2,1-4H3,(H,21,22)/t14-/m0/s1. The van der Waals surface area contributed by atoms with Gasteiger partial charge in [-0.2, -0.15) is 0 Å². The van der Waals surface area contributed by atoms with Crippen molar-refractivity contribution in [3.05, 3.63) is 53.6 Å². The van der Waals surface area contributed by atoms with Crippen molar-refractivity contribution in [2.24, 2.45) is 0 Å². The molecule has 0 saturated carbocycles. The molecule has 1 N–H and O–H groups in total. The zero-order chi connectivity index (χ0) is 19.1. The van der Waals surface area contributed by atoms with Gasteiger partial charge >= 0.3 is 5.97 Å². The third-order valence-corrected chi connectivity index (χ3v) is 4.94. The monoisotopic (exact) mass is 373 g/mol. The number of hydrogen-bond acceptors (Lipinski definition) is 5. The van der Waals surface area contributed by atoms with Gasteiger partial charge in [-0.05, 0) is 62.7 Å². The van der Waals surface area contributed by atoms with Crippen molar-refractivity contribution in [1.29, 1.82) is 0 Å². The molecule has 0 fully saturated rings. The average Bonchev–Trinajstić information content (AvgIpc) is 2.64. The van der Waals surface area contributed by atoms with Gasteiger partial charge in [0.2, 0.25) is 5.91 Å². The summed E-state index contributed by atoms with van der Waals surface area (Å²) >= 11 is 1.46. The molecule has 2 aromatic rings. The van der Waals surface area contributed by atoms with Crippen molar-refractivity contribution in [3.8, 4) is 5.75 Å². The third-order valence-electron chi connectivity index (χ3n) is 3.83. The maximum absolute atomic E-state index is 12.5. The first kappa shape index (κ1) is 19.8. The Morgan fingerprint density at radius 2 is 1.85 bits per heavy atom. The van der Waals surface area contributed by atoms with Crippen LogP contribution in [-0.4, -0.2) is 30.8 Å². The fourth-order valence-electron chi connectivity index (χ4n) is 2.35. The lowest BCUT2D eigenvalue weighted by molar-refractivity contribution is -0.115. The van der Waals surface area contributed by atoms with Crippen LogP contribution in [-0.2, 0) is 9.53 Å². The number of esters is 1. The van der Waals surface area contributed by atoms with Crippen LogP contribution < -0.4 is 10.1 Å². The second-order valence-electron chi connectivity index (χ2n) is 5.62. The van der Waals surface area contributed by atoms with Gasteiger partial charge in [0.05, 0.1) is 24.5 Å². The molecule has 0 bridgehead atoms. The van der Waals surface area contributed by atoms with Crippen LogP contribution in [0.25, 0.3) is 0 Å². The minimum Gasteiger partial charge on any atom is -0.497 e. The quantitative estimate of drug-likeness (QED) is 0.579. The lowest BCUT2D eigenvalue weighted by atomic mass is 10.1. The Balaban J connectivity index is 2.06. The summed E-state index contributed by atoms with van der Waals surface area (Å²) < 4.78 is 10.2. The molecule has 0 radical (unpaired) electrons. The molecule has 0 saturated heterocycles. The van der Waals surface area contributed by atoms with Crippen LogP contribution >= 0.6 is 11.8 Å². The predicted octanol–water partition coefficient (Wildman–Crippen LogP) is 4.30. The number of methoxy groups -OCH3 is 1. The summed E-state index contributed by atoms with van der Waals surface area (Å²) in [5.41, 5.74) is 1.77. The molecule has 0 aromatic heterocycles. The number of amides is 1. The van der Waals surface area contributed by atoms with Crippen LogP contribution in [0.5, 0.6) is 5.75 Å². The van der Waals surface area contributed by atoms with Crippen LogP contribution in [0.1, 0.15) is 29.8 Å². The lowest BCUT2D eigenvalue weighted by Gasteiger charge is -2.15. The number of rotatable bonds is 7. The first-order valence-electron chi connectivity index (χ1n) is 8.34. The molecule has 2 aromatic carbocycles. The van der Waals surface area contributed by atoms with Crippen molar-refractivity contribution >= 4 is 29.3 Å². The Bertz CT molecular complexity index is 774. The summed E-state index contributed by atoms with van der Waals surface area (Å²) in [7, 11) is 1.62. The van der Waals surface area contributed by atoms with E-state index in [9.17, 15) is 9.59 Å². The molecule has 5 nitrogen and oxygen atoms in total. The molecule has 0 aliphatic rings. The van der Waals surface area contributed by atoms with E-state index in [1.807, 2.05) is 31.2 Å². The number of benzene rings is 2. The first-order valence-corrected chi connectivity index (χ1v) is 9.22. The molecule has 26 heavy (non-hydrogen) atoms. The third kappa shape index (κ3) is 5.02.